The lowest BCUT2D eigenvalue weighted by atomic mass is 10.0. The van der Waals surface area contributed by atoms with E-state index in [1.807, 2.05) is 51.2 Å². The highest BCUT2D eigenvalue weighted by molar-refractivity contribution is 5.34. The summed E-state index contributed by atoms with van der Waals surface area (Å²) in [6.45, 7) is 4.01. The molecule has 0 saturated carbocycles. The van der Waals surface area contributed by atoms with Crippen molar-refractivity contribution in [2.24, 2.45) is 12.9 Å². The Kier molecular flexibility index (Phi) is 4.19. The van der Waals surface area contributed by atoms with Gasteiger partial charge in [0.05, 0.1) is 17.8 Å². The molecule has 1 aromatic carbocycles. The number of aromatic nitrogens is 2. The second kappa shape index (κ2) is 5.86. The van der Waals surface area contributed by atoms with Crippen LogP contribution in [0, 0.1) is 0 Å². The van der Waals surface area contributed by atoms with E-state index in [1.54, 1.807) is 10.9 Å². The quantitative estimate of drug-likeness (QED) is 0.635. The second-order valence-electron chi connectivity index (χ2n) is 4.72. The van der Waals surface area contributed by atoms with Gasteiger partial charge in [0.2, 0.25) is 0 Å². The Morgan fingerprint density at radius 2 is 2.11 bits per heavy atom. The van der Waals surface area contributed by atoms with Crippen LogP contribution in [0.2, 0.25) is 0 Å². The summed E-state index contributed by atoms with van der Waals surface area (Å²) in [5.41, 5.74) is 4.88. The molecular weight excluding hydrogens is 240 g/mol. The number of ether oxygens (including phenoxy) is 1. The lowest BCUT2D eigenvalue weighted by Gasteiger charge is -2.18. The van der Waals surface area contributed by atoms with Crippen LogP contribution < -0.4 is 16.0 Å². The summed E-state index contributed by atoms with van der Waals surface area (Å²) in [6.07, 6.45) is 1.91. The molecule has 1 heterocycles. The molecule has 0 radical (unpaired) electrons. The summed E-state index contributed by atoms with van der Waals surface area (Å²) >= 11 is 0. The van der Waals surface area contributed by atoms with Gasteiger partial charge >= 0.3 is 0 Å². The molecule has 5 nitrogen and oxygen atoms in total. The molecule has 2 aromatic rings. The van der Waals surface area contributed by atoms with Crippen LogP contribution in [0.4, 0.5) is 0 Å². The van der Waals surface area contributed by atoms with Gasteiger partial charge in [-0.1, -0.05) is 12.1 Å². The summed E-state index contributed by atoms with van der Waals surface area (Å²) in [5.74, 6) is 6.53. The number of hydrazine groups is 1. The van der Waals surface area contributed by atoms with Gasteiger partial charge in [0, 0.05) is 13.2 Å². The molecule has 0 bridgehead atoms. The molecule has 3 N–H and O–H groups in total. The zero-order valence-electron chi connectivity index (χ0n) is 11.5. The van der Waals surface area contributed by atoms with E-state index < -0.39 is 0 Å². The fraction of sp³-hybridized carbons (Fsp3) is 0.357. The lowest BCUT2D eigenvalue weighted by molar-refractivity contribution is 0.242. The predicted octanol–water partition coefficient (Wildman–Crippen LogP) is 1.76. The van der Waals surface area contributed by atoms with Crippen LogP contribution in [0.3, 0.4) is 0 Å². The molecule has 0 amide bonds. The van der Waals surface area contributed by atoms with Gasteiger partial charge < -0.3 is 4.74 Å². The van der Waals surface area contributed by atoms with Crippen molar-refractivity contribution in [2.75, 3.05) is 0 Å². The minimum absolute atomic E-state index is 0.108. The molecular formula is C14H20N4O. The molecule has 1 unspecified atom stereocenters. The summed E-state index contributed by atoms with van der Waals surface area (Å²) in [4.78, 5) is 0. The fourth-order valence-electron chi connectivity index (χ4n) is 2.06. The molecule has 0 fully saturated rings. The van der Waals surface area contributed by atoms with Crippen LogP contribution in [0.5, 0.6) is 5.75 Å². The van der Waals surface area contributed by atoms with Gasteiger partial charge in [0.1, 0.15) is 5.75 Å². The smallest absolute Gasteiger partial charge is 0.120 e. The van der Waals surface area contributed by atoms with Gasteiger partial charge in [-0.25, -0.2) is 5.43 Å². The Morgan fingerprint density at radius 3 is 2.68 bits per heavy atom. The van der Waals surface area contributed by atoms with E-state index in [-0.39, 0.29) is 12.1 Å². The number of rotatable bonds is 5. The summed E-state index contributed by atoms with van der Waals surface area (Å²) in [7, 11) is 1.90. The molecule has 2 rings (SSSR count). The summed E-state index contributed by atoms with van der Waals surface area (Å²) < 4.78 is 7.51. The largest absolute Gasteiger partial charge is 0.491 e. The lowest BCUT2D eigenvalue weighted by Crippen LogP contribution is -2.30. The Bertz CT molecular complexity index is 536. The van der Waals surface area contributed by atoms with Crippen molar-refractivity contribution in [3.63, 3.8) is 0 Å². The minimum atomic E-state index is -0.108. The van der Waals surface area contributed by atoms with E-state index in [1.165, 1.54) is 0 Å². The first-order valence-electron chi connectivity index (χ1n) is 6.32. The third kappa shape index (κ3) is 3.13. The van der Waals surface area contributed by atoms with E-state index in [0.717, 1.165) is 17.0 Å². The van der Waals surface area contributed by atoms with Gasteiger partial charge in [-0.15, -0.1) is 0 Å². The van der Waals surface area contributed by atoms with Gasteiger partial charge in [0.25, 0.3) is 0 Å². The molecule has 102 valence electrons. The van der Waals surface area contributed by atoms with Gasteiger partial charge in [-0.2, -0.15) is 5.10 Å². The fourth-order valence-corrected chi connectivity index (χ4v) is 2.06. The van der Waals surface area contributed by atoms with E-state index in [0.29, 0.717) is 0 Å². The molecule has 1 atom stereocenters. The van der Waals surface area contributed by atoms with Gasteiger partial charge in [0.15, 0.2) is 0 Å². The highest BCUT2D eigenvalue weighted by Crippen LogP contribution is 2.24. The number of nitrogens with two attached hydrogens (primary N) is 1. The maximum Gasteiger partial charge on any atom is 0.120 e. The Morgan fingerprint density at radius 1 is 1.32 bits per heavy atom. The molecule has 19 heavy (non-hydrogen) atoms. The van der Waals surface area contributed by atoms with Gasteiger partial charge in [-0.3, -0.25) is 10.5 Å². The summed E-state index contributed by atoms with van der Waals surface area (Å²) in [6, 6.07) is 9.76. The normalized spacial score (nSPS) is 12.7. The monoisotopic (exact) mass is 260 g/mol. The van der Waals surface area contributed by atoms with Crippen molar-refractivity contribution in [3.05, 3.63) is 47.8 Å². The van der Waals surface area contributed by atoms with Crippen molar-refractivity contribution in [2.45, 2.75) is 26.0 Å². The number of hydrogen-bond donors (Lipinski definition) is 2. The zero-order chi connectivity index (χ0) is 13.8. The third-order valence-corrected chi connectivity index (χ3v) is 2.88. The standard InChI is InChI=1S/C14H20N4O/c1-10(2)19-12-6-4-5-11(9-12)14(17-15)13-7-8-16-18(13)3/h4-10,14,17H,15H2,1-3H3. The first kappa shape index (κ1) is 13.6. The van der Waals surface area contributed by atoms with Crippen molar-refractivity contribution in [1.29, 1.82) is 0 Å². The van der Waals surface area contributed by atoms with Crippen molar-refractivity contribution in [1.82, 2.24) is 15.2 Å². The van der Waals surface area contributed by atoms with Crippen LogP contribution in [-0.4, -0.2) is 15.9 Å². The van der Waals surface area contributed by atoms with E-state index >= 15 is 0 Å². The molecule has 0 aliphatic rings. The number of benzene rings is 1. The minimum Gasteiger partial charge on any atom is -0.491 e. The zero-order valence-corrected chi connectivity index (χ0v) is 11.5. The van der Waals surface area contributed by atoms with Crippen LogP contribution in [-0.2, 0) is 7.05 Å². The van der Waals surface area contributed by atoms with Crippen molar-refractivity contribution in [3.8, 4) is 5.75 Å². The van der Waals surface area contributed by atoms with Crippen molar-refractivity contribution >= 4 is 0 Å². The molecule has 0 saturated heterocycles. The highest BCUT2D eigenvalue weighted by atomic mass is 16.5. The average Bonchev–Trinajstić information content (AvgIpc) is 2.77. The van der Waals surface area contributed by atoms with E-state index in [4.69, 9.17) is 10.6 Å². The molecule has 0 aliphatic heterocycles. The molecule has 1 aromatic heterocycles. The average molecular weight is 260 g/mol. The maximum atomic E-state index is 5.71. The second-order valence-corrected chi connectivity index (χ2v) is 4.72. The number of aryl methyl sites for hydroxylation is 1. The predicted molar refractivity (Wildman–Crippen MR) is 74.6 cm³/mol. The molecule has 0 spiro atoms. The Balaban J connectivity index is 2.31. The molecule has 5 heteroatoms. The SMILES string of the molecule is CC(C)Oc1cccc(C(NN)c2ccnn2C)c1. The first-order chi connectivity index (χ1) is 9.11. The highest BCUT2D eigenvalue weighted by Gasteiger charge is 2.16. The van der Waals surface area contributed by atoms with Crippen LogP contribution >= 0.6 is 0 Å². The van der Waals surface area contributed by atoms with Crippen LogP contribution in [0.15, 0.2) is 36.5 Å². The Labute approximate surface area is 113 Å². The van der Waals surface area contributed by atoms with Crippen LogP contribution in [0.1, 0.15) is 31.1 Å². The van der Waals surface area contributed by atoms with Crippen LogP contribution in [0.25, 0.3) is 0 Å². The molecule has 0 aliphatic carbocycles. The number of hydrogen-bond acceptors (Lipinski definition) is 4. The Hall–Kier alpha value is -1.85. The third-order valence-electron chi connectivity index (χ3n) is 2.88. The van der Waals surface area contributed by atoms with E-state index in [2.05, 4.69) is 10.5 Å². The van der Waals surface area contributed by atoms with Gasteiger partial charge in [-0.05, 0) is 37.6 Å². The number of nitrogens with one attached hydrogen (secondary N) is 1. The van der Waals surface area contributed by atoms with Crippen molar-refractivity contribution < 1.29 is 4.74 Å². The maximum absolute atomic E-state index is 5.71. The topological polar surface area (TPSA) is 65.1 Å². The van der Waals surface area contributed by atoms with E-state index in [9.17, 15) is 0 Å². The summed E-state index contributed by atoms with van der Waals surface area (Å²) in [5, 5.41) is 4.17. The number of nitrogens with zero attached hydrogens (tertiary/aromatic N) is 2. The first-order valence-corrected chi connectivity index (χ1v) is 6.32.